The number of carboxylic acids is 1. The lowest BCUT2D eigenvalue weighted by atomic mass is 10.0. The highest BCUT2D eigenvalue weighted by molar-refractivity contribution is 5.86. The number of pyridine rings is 1. The van der Waals surface area contributed by atoms with Gasteiger partial charge < -0.3 is 14.9 Å². The molecule has 1 fully saturated rings. The van der Waals surface area contributed by atoms with Gasteiger partial charge in [-0.1, -0.05) is 0 Å². The van der Waals surface area contributed by atoms with Crippen LogP contribution in [0.5, 0.6) is 0 Å². The Balaban J connectivity index is 2.37. The standard InChI is InChI=1S/C13H18N4O4/c1-15(2)9-4-3-7-16(8-9)12-11(17(20)21)6-5-10(14-12)13(18)19/h5-6,9H,3-4,7-8H2,1-2H3,(H,18,19). The first-order valence-electron chi connectivity index (χ1n) is 6.70. The quantitative estimate of drug-likeness (QED) is 0.658. The Labute approximate surface area is 122 Å². The van der Waals surface area contributed by atoms with Crippen LogP contribution in [0.4, 0.5) is 11.5 Å². The zero-order valence-corrected chi connectivity index (χ0v) is 12.0. The number of piperidine rings is 1. The molecule has 0 amide bonds. The van der Waals surface area contributed by atoms with E-state index in [4.69, 9.17) is 5.11 Å². The van der Waals surface area contributed by atoms with Gasteiger partial charge in [0.2, 0.25) is 5.82 Å². The topological polar surface area (TPSA) is 99.8 Å². The largest absolute Gasteiger partial charge is 0.477 e. The van der Waals surface area contributed by atoms with Crippen LogP contribution in [0.15, 0.2) is 12.1 Å². The van der Waals surface area contributed by atoms with E-state index in [0.717, 1.165) is 18.9 Å². The molecule has 0 saturated carbocycles. The van der Waals surface area contributed by atoms with Crippen LogP contribution in [-0.2, 0) is 0 Å². The molecule has 21 heavy (non-hydrogen) atoms. The Kier molecular flexibility index (Phi) is 4.37. The SMILES string of the molecule is CN(C)C1CCCN(c2nc(C(=O)O)ccc2[N+](=O)[O-])C1. The Morgan fingerprint density at radius 1 is 1.52 bits per heavy atom. The third-order valence-electron chi connectivity index (χ3n) is 3.70. The predicted molar refractivity (Wildman–Crippen MR) is 76.8 cm³/mol. The van der Waals surface area contributed by atoms with Gasteiger partial charge in [-0.05, 0) is 33.0 Å². The van der Waals surface area contributed by atoms with Crippen molar-refractivity contribution in [3.05, 3.63) is 27.9 Å². The lowest BCUT2D eigenvalue weighted by Gasteiger charge is -2.36. The van der Waals surface area contributed by atoms with Crippen molar-refractivity contribution in [2.75, 3.05) is 32.1 Å². The summed E-state index contributed by atoms with van der Waals surface area (Å²) in [5.74, 6) is -1.04. The summed E-state index contributed by atoms with van der Waals surface area (Å²) >= 11 is 0. The molecule has 1 unspecified atom stereocenters. The van der Waals surface area contributed by atoms with Crippen molar-refractivity contribution in [2.45, 2.75) is 18.9 Å². The minimum Gasteiger partial charge on any atom is -0.477 e. The van der Waals surface area contributed by atoms with E-state index in [0.29, 0.717) is 13.1 Å². The number of aromatic carboxylic acids is 1. The number of anilines is 1. The van der Waals surface area contributed by atoms with Gasteiger partial charge in [0.25, 0.3) is 0 Å². The summed E-state index contributed by atoms with van der Waals surface area (Å²) in [7, 11) is 3.92. The van der Waals surface area contributed by atoms with Gasteiger partial charge in [-0.3, -0.25) is 10.1 Å². The van der Waals surface area contributed by atoms with Crippen LogP contribution in [0.25, 0.3) is 0 Å². The van der Waals surface area contributed by atoms with Gasteiger partial charge in [-0.15, -0.1) is 0 Å². The van der Waals surface area contributed by atoms with Crippen LogP contribution in [-0.4, -0.2) is 59.1 Å². The first kappa shape index (κ1) is 15.2. The lowest BCUT2D eigenvalue weighted by molar-refractivity contribution is -0.384. The second kappa shape index (κ2) is 6.04. The number of aromatic nitrogens is 1. The van der Waals surface area contributed by atoms with E-state index in [1.165, 1.54) is 6.07 Å². The Morgan fingerprint density at radius 3 is 2.81 bits per heavy atom. The number of carboxylic acid groups (broad SMARTS) is 1. The van der Waals surface area contributed by atoms with E-state index >= 15 is 0 Å². The Hall–Kier alpha value is -2.22. The molecule has 0 radical (unpaired) electrons. The van der Waals surface area contributed by atoms with Gasteiger partial charge in [0.15, 0.2) is 5.69 Å². The van der Waals surface area contributed by atoms with Crippen molar-refractivity contribution >= 4 is 17.5 Å². The lowest BCUT2D eigenvalue weighted by Crippen LogP contribution is -2.45. The van der Waals surface area contributed by atoms with Gasteiger partial charge in [0.1, 0.15) is 0 Å². The van der Waals surface area contributed by atoms with E-state index in [9.17, 15) is 14.9 Å². The number of hydrogen-bond acceptors (Lipinski definition) is 6. The summed E-state index contributed by atoms with van der Waals surface area (Å²) in [6, 6.07) is 2.65. The molecule has 2 heterocycles. The van der Waals surface area contributed by atoms with Crippen molar-refractivity contribution < 1.29 is 14.8 Å². The van der Waals surface area contributed by atoms with Gasteiger partial charge in [-0.25, -0.2) is 9.78 Å². The number of nitrogens with zero attached hydrogens (tertiary/aromatic N) is 4. The van der Waals surface area contributed by atoms with Crippen molar-refractivity contribution in [1.29, 1.82) is 0 Å². The number of rotatable bonds is 4. The summed E-state index contributed by atoms with van der Waals surface area (Å²) in [5.41, 5.74) is -0.331. The van der Waals surface area contributed by atoms with E-state index < -0.39 is 10.9 Å². The highest BCUT2D eigenvalue weighted by Gasteiger charge is 2.28. The van der Waals surface area contributed by atoms with E-state index in [-0.39, 0.29) is 23.2 Å². The van der Waals surface area contributed by atoms with Crippen molar-refractivity contribution in [2.24, 2.45) is 0 Å². The number of nitro groups is 1. The van der Waals surface area contributed by atoms with Crippen LogP contribution >= 0.6 is 0 Å². The minimum atomic E-state index is -1.19. The zero-order chi connectivity index (χ0) is 15.6. The average molecular weight is 294 g/mol. The molecule has 0 aromatic carbocycles. The summed E-state index contributed by atoms with van der Waals surface area (Å²) in [5, 5.41) is 20.2. The first-order valence-corrected chi connectivity index (χ1v) is 6.70. The molecular weight excluding hydrogens is 276 g/mol. The second-order valence-electron chi connectivity index (χ2n) is 5.31. The molecule has 1 aromatic rings. The maximum Gasteiger partial charge on any atom is 0.354 e. The van der Waals surface area contributed by atoms with Crippen LogP contribution in [0.3, 0.4) is 0 Å². The maximum absolute atomic E-state index is 11.1. The smallest absolute Gasteiger partial charge is 0.354 e. The van der Waals surface area contributed by atoms with Crippen LogP contribution in [0.2, 0.25) is 0 Å². The molecule has 1 atom stereocenters. The van der Waals surface area contributed by atoms with Crippen molar-refractivity contribution in [3.63, 3.8) is 0 Å². The molecule has 1 aliphatic rings. The fraction of sp³-hybridized carbons (Fsp3) is 0.538. The number of hydrogen-bond donors (Lipinski definition) is 1. The van der Waals surface area contributed by atoms with Gasteiger partial charge in [0.05, 0.1) is 4.92 Å². The number of carbonyl (C=O) groups is 1. The van der Waals surface area contributed by atoms with Gasteiger partial charge in [0, 0.05) is 25.2 Å². The number of likely N-dealkylation sites (N-methyl/N-ethyl adjacent to an activating group) is 1. The Morgan fingerprint density at radius 2 is 2.24 bits per heavy atom. The highest BCUT2D eigenvalue weighted by atomic mass is 16.6. The summed E-state index contributed by atoms with van der Waals surface area (Å²) in [6.45, 7) is 1.24. The Bertz CT molecular complexity index is 561. The summed E-state index contributed by atoms with van der Waals surface area (Å²) in [4.78, 5) is 29.5. The van der Waals surface area contributed by atoms with Crippen LogP contribution in [0.1, 0.15) is 23.3 Å². The molecule has 8 nitrogen and oxygen atoms in total. The van der Waals surface area contributed by atoms with Crippen LogP contribution in [0, 0.1) is 10.1 Å². The summed E-state index contributed by atoms with van der Waals surface area (Å²) in [6.07, 6.45) is 1.90. The summed E-state index contributed by atoms with van der Waals surface area (Å²) < 4.78 is 0. The average Bonchev–Trinajstić information content (AvgIpc) is 2.46. The van der Waals surface area contributed by atoms with Crippen molar-refractivity contribution in [1.82, 2.24) is 9.88 Å². The molecule has 8 heteroatoms. The maximum atomic E-state index is 11.1. The molecule has 1 N–H and O–H groups in total. The molecule has 0 aliphatic carbocycles. The molecule has 2 rings (SSSR count). The van der Waals surface area contributed by atoms with Crippen molar-refractivity contribution in [3.8, 4) is 0 Å². The van der Waals surface area contributed by atoms with Gasteiger partial charge in [-0.2, -0.15) is 0 Å². The third-order valence-corrected chi connectivity index (χ3v) is 3.70. The zero-order valence-electron chi connectivity index (χ0n) is 12.0. The molecule has 0 spiro atoms. The third kappa shape index (κ3) is 3.27. The van der Waals surface area contributed by atoms with Crippen LogP contribution < -0.4 is 4.90 Å². The molecular formula is C13H18N4O4. The predicted octanol–water partition coefficient (Wildman–Crippen LogP) is 1.22. The molecule has 1 saturated heterocycles. The first-order chi connectivity index (χ1) is 9.90. The molecule has 1 aromatic heterocycles. The van der Waals surface area contributed by atoms with E-state index in [1.54, 1.807) is 4.90 Å². The normalized spacial score (nSPS) is 18.8. The molecule has 114 valence electrons. The van der Waals surface area contributed by atoms with Gasteiger partial charge >= 0.3 is 11.7 Å². The minimum absolute atomic E-state index is 0.145. The second-order valence-corrected chi connectivity index (χ2v) is 5.31. The van der Waals surface area contributed by atoms with E-state index in [2.05, 4.69) is 9.88 Å². The molecule has 1 aliphatic heterocycles. The molecule has 0 bridgehead atoms. The van der Waals surface area contributed by atoms with E-state index in [1.807, 2.05) is 14.1 Å². The fourth-order valence-corrected chi connectivity index (χ4v) is 2.50. The fourth-order valence-electron chi connectivity index (χ4n) is 2.50. The highest BCUT2D eigenvalue weighted by Crippen LogP contribution is 2.29. The monoisotopic (exact) mass is 294 g/mol.